The maximum atomic E-state index is 10.3. The molecule has 0 radical (unpaired) electrons. The number of hydrogen-bond donors (Lipinski definition) is 1. The summed E-state index contributed by atoms with van der Waals surface area (Å²) in [5, 5.41) is 10.7. The van der Waals surface area contributed by atoms with Crippen LogP contribution < -0.4 is 0 Å². The molecule has 0 aromatic heterocycles. The minimum absolute atomic E-state index is 0.382. The minimum Gasteiger partial charge on any atom is -0.486 e. The summed E-state index contributed by atoms with van der Waals surface area (Å²) in [6.07, 6.45) is 2.91. The number of rotatable bonds is 4. The number of methoxy groups -OCH3 is 1. The number of benzene rings is 2. The van der Waals surface area contributed by atoms with E-state index in [0.717, 1.165) is 16.7 Å². The molecule has 0 saturated heterocycles. The van der Waals surface area contributed by atoms with Crippen LogP contribution in [0.15, 0.2) is 60.7 Å². The molecule has 2 aromatic rings. The lowest BCUT2D eigenvalue weighted by Crippen LogP contribution is -2.06. The molecule has 3 heteroatoms. The molecule has 2 aromatic carbocycles. The fraction of sp³-hybridized carbons (Fsp3) is 0.118. The van der Waals surface area contributed by atoms with Crippen molar-refractivity contribution in [3.63, 3.8) is 0 Å². The first kappa shape index (κ1) is 14.4. The van der Waals surface area contributed by atoms with Gasteiger partial charge in [0, 0.05) is 5.56 Å². The highest BCUT2D eigenvalue weighted by Crippen LogP contribution is 2.21. The molecule has 1 unspecified atom stereocenters. The lowest BCUT2D eigenvalue weighted by Gasteiger charge is -2.12. The lowest BCUT2D eigenvalue weighted by molar-refractivity contribution is 0.229. The summed E-state index contributed by atoms with van der Waals surface area (Å²) in [6.45, 7) is 0. The van der Waals surface area contributed by atoms with Gasteiger partial charge < -0.3 is 9.84 Å². The summed E-state index contributed by atoms with van der Waals surface area (Å²) in [5.41, 5.74) is 2.53. The fourth-order valence-corrected chi connectivity index (χ4v) is 2.11. The molecule has 2 rings (SSSR count). The van der Waals surface area contributed by atoms with E-state index in [1.54, 1.807) is 6.08 Å². The van der Waals surface area contributed by atoms with Gasteiger partial charge >= 0.3 is 0 Å². The van der Waals surface area contributed by atoms with Crippen molar-refractivity contribution in [2.45, 2.75) is 6.10 Å². The van der Waals surface area contributed by atoms with Crippen LogP contribution in [0.3, 0.4) is 0 Å². The van der Waals surface area contributed by atoms with Crippen molar-refractivity contribution in [2.75, 3.05) is 7.11 Å². The number of aliphatic hydroxyl groups excluding tert-OH is 1. The van der Waals surface area contributed by atoms with Crippen molar-refractivity contribution in [1.29, 1.82) is 0 Å². The van der Waals surface area contributed by atoms with E-state index in [1.807, 2.05) is 60.7 Å². The summed E-state index contributed by atoms with van der Waals surface area (Å²) in [5.74, 6) is 0. The molecule has 2 nitrogen and oxygen atoms in total. The average Bonchev–Trinajstić information content (AvgIpc) is 2.52. The molecule has 0 amide bonds. The maximum Gasteiger partial charge on any atom is 0.191 e. The van der Waals surface area contributed by atoms with Gasteiger partial charge in [-0.25, -0.2) is 0 Å². The smallest absolute Gasteiger partial charge is 0.191 e. The Morgan fingerprint density at radius 1 is 1.10 bits per heavy atom. The largest absolute Gasteiger partial charge is 0.486 e. The van der Waals surface area contributed by atoms with Gasteiger partial charge in [-0.05, 0) is 29.4 Å². The molecule has 1 N–H and O–H groups in total. The third kappa shape index (κ3) is 3.53. The van der Waals surface area contributed by atoms with Gasteiger partial charge in [-0.15, -0.1) is 0 Å². The van der Waals surface area contributed by atoms with Crippen LogP contribution >= 0.6 is 12.2 Å². The van der Waals surface area contributed by atoms with E-state index in [-0.39, 0.29) is 0 Å². The van der Waals surface area contributed by atoms with Gasteiger partial charge in [0.05, 0.1) is 13.2 Å². The van der Waals surface area contributed by atoms with E-state index >= 15 is 0 Å². The number of ether oxygens (including phenoxy) is 1. The van der Waals surface area contributed by atoms with E-state index in [9.17, 15) is 5.11 Å². The Hall–Kier alpha value is -1.97. The standard InChI is InChI=1S/C17H16O2S/c1-19-17(20)15-10-6-5-9-14(15)16(18)12-11-13-7-3-2-4-8-13/h2-12,16,18H,1H3. The van der Waals surface area contributed by atoms with Crippen molar-refractivity contribution >= 4 is 23.3 Å². The first-order valence-electron chi connectivity index (χ1n) is 6.31. The van der Waals surface area contributed by atoms with Crippen LogP contribution in [0.25, 0.3) is 6.08 Å². The first-order chi connectivity index (χ1) is 9.72. The van der Waals surface area contributed by atoms with Crippen LogP contribution in [0.4, 0.5) is 0 Å². The molecule has 0 aliphatic heterocycles. The van der Waals surface area contributed by atoms with Crippen molar-refractivity contribution in [2.24, 2.45) is 0 Å². The molecular formula is C17H16O2S. The highest BCUT2D eigenvalue weighted by molar-refractivity contribution is 7.80. The third-order valence-electron chi connectivity index (χ3n) is 2.96. The van der Waals surface area contributed by atoms with Crippen LogP contribution in [0, 0.1) is 0 Å². The van der Waals surface area contributed by atoms with E-state index in [2.05, 4.69) is 0 Å². The molecule has 0 aliphatic carbocycles. The van der Waals surface area contributed by atoms with Gasteiger partial charge in [0.25, 0.3) is 0 Å². The number of aliphatic hydroxyl groups is 1. The van der Waals surface area contributed by atoms with Crippen molar-refractivity contribution in [3.8, 4) is 0 Å². The van der Waals surface area contributed by atoms with Gasteiger partial charge in [0.2, 0.25) is 0 Å². The molecule has 102 valence electrons. The molecule has 0 saturated carbocycles. The van der Waals surface area contributed by atoms with Gasteiger partial charge in [0.15, 0.2) is 5.05 Å². The van der Waals surface area contributed by atoms with Gasteiger partial charge in [0.1, 0.15) is 0 Å². The Kier molecular flexibility index (Phi) is 5.04. The summed E-state index contributed by atoms with van der Waals surface area (Å²) in [4.78, 5) is 0. The van der Waals surface area contributed by atoms with E-state index in [4.69, 9.17) is 17.0 Å². The molecular weight excluding hydrogens is 268 g/mol. The lowest BCUT2D eigenvalue weighted by atomic mass is 10.0. The quantitative estimate of drug-likeness (QED) is 0.867. The van der Waals surface area contributed by atoms with E-state index < -0.39 is 6.10 Å². The Labute approximate surface area is 124 Å². The fourth-order valence-electron chi connectivity index (χ4n) is 1.92. The van der Waals surface area contributed by atoms with Crippen molar-refractivity contribution in [1.82, 2.24) is 0 Å². The molecule has 0 aliphatic rings. The highest BCUT2D eigenvalue weighted by atomic mass is 32.1. The second-order valence-corrected chi connectivity index (χ2v) is 4.66. The Bertz CT molecular complexity index is 605. The van der Waals surface area contributed by atoms with Crippen LogP contribution in [0.5, 0.6) is 0 Å². The topological polar surface area (TPSA) is 29.5 Å². The zero-order valence-electron chi connectivity index (χ0n) is 11.2. The predicted octanol–water partition coefficient (Wildman–Crippen LogP) is 3.76. The summed E-state index contributed by atoms with van der Waals surface area (Å²) < 4.78 is 5.09. The third-order valence-corrected chi connectivity index (χ3v) is 3.34. The van der Waals surface area contributed by atoms with Crippen LogP contribution in [0.2, 0.25) is 0 Å². The van der Waals surface area contributed by atoms with Crippen LogP contribution in [-0.2, 0) is 4.74 Å². The Morgan fingerprint density at radius 2 is 1.75 bits per heavy atom. The maximum absolute atomic E-state index is 10.3. The Balaban J connectivity index is 2.23. The minimum atomic E-state index is -0.723. The molecule has 0 fully saturated rings. The average molecular weight is 284 g/mol. The second-order valence-electron chi connectivity index (χ2n) is 4.29. The van der Waals surface area contributed by atoms with Gasteiger partial charge in [-0.2, -0.15) is 0 Å². The number of thiocarbonyl (C=S) groups is 1. The zero-order valence-corrected chi connectivity index (χ0v) is 12.0. The van der Waals surface area contributed by atoms with Crippen molar-refractivity contribution in [3.05, 3.63) is 77.4 Å². The van der Waals surface area contributed by atoms with Crippen LogP contribution in [-0.4, -0.2) is 17.3 Å². The molecule has 20 heavy (non-hydrogen) atoms. The highest BCUT2D eigenvalue weighted by Gasteiger charge is 2.12. The summed E-state index contributed by atoms with van der Waals surface area (Å²) in [6, 6.07) is 17.3. The normalized spacial score (nSPS) is 12.3. The van der Waals surface area contributed by atoms with Gasteiger partial charge in [-0.3, -0.25) is 0 Å². The second kappa shape index (κ2) is 6.98. The SMILES string of the molecule is COC(=S)c1ccccc1C(O)C=Cc1ccccc1. The Morgan fingerprint density at radius 3 is 2.45 bits per heavy atom. The molecule has 0 heterocycles. The first-order valence-corrected chi connectivity index (χ1v) is 6.71. The summed E-state index contributed by atoms with van der Waals surface area (Å²) >= 11 is 5.15. The summed E-state index contributed by atoms with van der Waals surface area (Å²) in [7, 11) is 1.53. The molecule has 0 bridgehead atoms. The monoisotopic (exact) mass is 284 g/mol. The van der Waals surface area contributed by atoms with Crippen molar-refractivity contribution < 1.29 is 9.84 Å². The predicted molar refractivity (Wildman–Crippen MR) is 85.6 cm³/mol. The zero-order chi connectivity index (χ0) is 14.4. The van der Waals surface area contributed by atoms with E-state index in [1.165, 1.54) is 7.11 Å². The van der Waals surface area contributed by atoms with Gasteiger partial charge in [-0.1, -0.05) is 60.7 Å². The molecule has 1 atom stereocenters. The van der Waals surface area contributed by atoms with Crippen LogP contribution in [0.1, 0.15) is 22.8 Å². The number of hydrogen-bond acceptors (Lipinski definition) is 3. The van der Waals surface area contributed by atoms with E-state index in [0.29, 0.717) is 5.05 Å². The molecule has 0 spiro atoms.